The Kier molecular flexibility index (Phi) is 8.19. The molecule has 3 rings (SSSR count). The normalized spacial score (nSPS) is 20.1. The molecule has 1 N–H and O–H groups in total. The minimum Gasteiger partial charge on any atom is -0.497 e. The summed E-state index contributed by atoms with van der Waals surface area (Å²) in [6.07, 6.45) is 3.63. The molecule has 2 aliphatic rings. The Hall–Kier alpha value is -2.48. The van der Waals surface area contributed by atoms with Gasteiger partial charge >= 0.3 is 0 Å². The number of piperazine rings is 1. The average molecular weight is 418 g/mol. The number of nitrogens with zero attached hydrogens (tertiary/aromatic N) is 4. The molecular formula is C22H35N5O3. The number of anilines is 1. The zero-order valence-corrected chi connectivity index (χ0v) is 18.5. The second-order valence-corrected chi connectivity index (χ2v) is 7.97. The lowest BCUT2D eigenvalue weighted by molar-refractivity contribution is -0.127. The minimum atomic E-state index is -0.00164. The van der Waals surface area contributed by atoms with Crippen LogP contribution in [0.15, 0.2) is 29.3 Å². The SMILES string of the molecule is COc1cccc(N2CCN(C(=NCC(=O)N(C)C)NCC3CCCCO3)CC2)c1. The van der Waals surface area contributed by atoms with Crippen LogP contribution in [-0.2, 0) is 9.53 Å². The molecule has 2 fully saturated rings. The van der Waals surface area contributed by atoms with E-state index in [1.807, 2.05) is 12.1 Å². The molecule has 2 saturated heterocycles. The van der Waals surface area contributed by atoms with E-state index in [1.54, 1.807) is 26.1 Å². The molecule has 0 bridgehead atoms. The lowest BCUT2D eigenvalue weighted by Gasteiger charge is -2.38. The summed E-state index contributed by atoms with van der Waals surface area (Å²) in [4.78, 5) is 22.9. The number of nitrogens with one attached hydrogen (secondary N) is 1. The summed E-state index contributed by atoms with van der Waals surface area (Å²) in [7, 11) is 5.21. The Morgan fingerprint density at radius 3 is 2.73 bits per heavy atom. The van der Waals surface area contributed by atoms with Crippen molar-refractivity contribution in [1.29, 1.82) is 0 Å². The number of carbonyl (C=O) groups is 1. The third kappa shape index (κ3) is 6.26. The smallest absolute Gasteiger partial charge is 0.243 e. The number of likely N-dealkylation sites (N-methyl/N-ethyl adjacent to an activating group) is 1. The largest absolute Gasteiger partial charge is 0.497 e. The molecule has 1 unspecified atom stereocenters. The van der Waals surface area contributed by atoms with E-state index in [9.17, 15) is 4.79 Å². The predicted molar refractivity (Wildman–Crippen MR) is 119 cm³/mol. The molecule has 1 aromatic carbocycles. The fourth-order valence-corrected chi connectivity index (χ4v) is 3.71. The van der Waals surface area contributed by atoms with Crippen LogP contribution in [0.5, 0.6) is 5.75 Å². The standard InChI is InChI=1S/C22H35N5O3/c1-25(2)21(28)17-24-22(23-16-20-8-4-5-14-30-20)27-12-10-26(11-13-27)18-7-6-9-19(15-18)29-3/h6-7,9,15,20H,4-5,8,10-14,16-17H2,1-3H3,(H,23,24). The second kappa shape index (κ2) is 11.1. The molecule has 8 nitrogen and oxygen atoms in total. The highest BCUT2D eigenvalue weighted by atomic mass is 16.5. The predicted octanol–water partition coefficient (Wildman–Crippen LogP) is 1.42. The minimum absolute atomic E-state index is 0.00164. The molecule has 0 radical (unpaired) electrons. The Bertz CT molecular complexity index is 710. The van der Waals surface area contributed by atoms with Crippen LogP contribution in [-0.4, -0.2) is 94.9 Å². The van der Waals surface area contributed by atoms with E-state index in [2.05, 4.69) is 32.2 Å². The fraction of sp³-hybridized carbons (Fsp3) is 0.636. The highest BCUT2D eigenvalue weighted by molar-refractivity contribution is 5.85. The summed E-state index contributed by atoms with van der Waals surface area (Å²) in [6, 6.07) is 8.16. The van der Waals surface area contributed by atoms with Crippen molar-refractivity contribution in [2.24, 2.45) is 4.99 Å². The molecule has 0 aromatic heterocycles. The van der Waals surface area contributed by atoms with E-state index in [-0.39, 0.29) is 18.6 Å². The van der Waals surface area contributed by atoms with E-state index < -0.39 is 0 Å². The summed E-state index contributed by atoms with van der Waals surface area (Å²) < 4.78 is 11.2. The fourth-order valence-electron chi connectivity index (χ4n) is 3.71. The first-order valence-electron chi connectivity index (χ1n) is 10.8. The molecule has 8 heteroatoms. The zero-order chi connectivity index (χ0) is 21.3. The average Bonchev–Trinajstić information content (AvgIpc) is 2.79. The van der Waals surface area contributed by atoms with Crippen molar-refractivity contribution in [3.05, 3.63) is 24.3 Å². The van der Waals surface area contributed by atoms with Gasteiger partial charge in [-0.05, 0) is 31.4 Å². The van der Waals surface area contributed by atoms with Crippen molar-refractivity contribution >= 4 is 17.6 Å². The van der Waals surface area contributed by atoms with Crippen molar-refractivity contribution in [3.8, 4) is 5.75 Å². The van der Waals surface area contributed by atoms with Gasteiger partial charge in [0.25, 0.3) is 0 Å². The molecule has 0 aliphatic carbocycles. The van der Waals surface area contributed by atoms with Gasteiger partial charge in [-0.1, -0.05) is 6.07 Å². The topological polar surface area (TPSA) is 69.6 Å². The van der Waals surface area contributed by atoms with Gasteiger partial charge in [-0.2, -0.15) is 0 Å². The lowest BCUT2D eigenvalue weighted by Crippen LogP contribution is -2.54. The number of methoxy groups -OCH3 is 1. The second-order valence-electron chi connectivity index (χ2n) is 7.97. The maximum Gasteiger partial charge on any atom is 0.243 e. The molecule has 1 atom stereocenters. The van der Waals surface area contributed by atoms with E-state index in [0.29, 0.717) is 0 Å². The molecule has 1 aromatic rings. The van der Waals surface area contributed by atoms with Gasteiger partial charge < -0.3 is 29.5 Å². The van der Waals surface area contributed by atoms with E-state index in [4.69, 9.17) is 9.47 Å². The number of hydrogen-bond acceptors (Lipinski definition) is 5. The van der Waals surface area contributed by atoms with Crippen LogP contribution in [0, 0.1) is 0 Å². The van der Waals surface area contributed by atoms with Crippen LogP contribution in [0.1, 0.15) is 19.3 Å². The number of guanidine groups is 1. The van der Waals surface area contributed by atoms with Crippen molar-refractivity contribution in [2.75, 3.05) is 72.0 Å². The Labute approximate surface area is 179 Å². The summed E-state index contributed by atoms with van der Waals surface area (Å²) >= 11 is 0. The third-order valence-corrected chi connectivity index (χ3v) is 5.62. The third-order valence-electron chi connectivity index (χ3n) is 5.62. The van der Waals surface area contributed by atoms with Gasteiger partial charge in [-0.25, -0.2) is 4.99 Å². The molecule has 2 aliphatic heterocycles. The number of aliphatic imine (C=N–C) groups is 1. The van der Waals surface area contributed by atoms with Crippen molar-refractivity contribution in [1.82, 2.24) is 15.1 Å². The molecule has 1 amide bonds. The van der Waals surface area contributed by atoms with Gasteiger partial charge in [0.1, 0.15) is 12.3 Å². The summed E-state index contributed by atoms with van der Waals surface area (Å²) in [6.45, 7) is 5.15. The van der Waals surface area contributed by atoms with Gasteiger partial charge in [-0.15, -0.1) is 0 Å². The number of hydrogen-bond donors (Lipinski definition) is 1. The quantitative estimate of drug-likeness (QED) is 0.558. The van der Waals surface area contributed by atoms with Crippen LogP contribution in [0.2, 0.25) is 0 Å². The number of amides is 1. The molecule has 166 valence electrons. The van der Waals surface area contributed by atoms with Crippen LogP contribution in [0.3, 0.4) is 0 Å². The van der Waals surface area contributed by atoms with E-state index >= 15 is 0 Å². The van der Waals surface area contributed by atoms with Gasteiger partial charge in [0.2, 0.25) is 5.91 Å². The summed E-state index contributed by atoms with van der Waals surface area (Å²) in [5.41, 5.74) is 1.17. The van der Waals surface area contributed by atoms with Gasteiger partial charge in [0.15, 0.2) is 5.96 Å². The maximum atomic E-state index is 12.1. The molecule has 2 heterocycles. The number of rotatable bonds is 6. The van der Waals surface area contributed by atoms with Crippen LogP contribution >= 0.6 is 0 Å². The highest BCUT2D eigenvalue weighted by Gasteiger charge is 2.22. The van der Waals surface area contributed by atoms with Gasteiger partial charge in [0, 0.05) is 65.2 Å². The summed E-state index contributed by atoms with van der Waals surface area (Å²) in [5.74, 6) is 1.66. The van der Waals surface area contributed by atoms with Gasteiger partial charge in [0.05, 0.1) is 13.2 Å². The maximum absolute atomic E-state index is 12.1. The molecular weight excluding hydrogens is 382 g/mol. The molecule has 0 spiro atoms. The Balaban J connectivity index is 1.61. The molecule has 0 saturated carbocycles. The Morgan fingerprint density at radius 1 is 1.27 bits per heavy atom. The zero-order valence-electron chi connectivity index (χ0n) is 18.5. The summed E-state index contributed by atoms with van der Waals surface area (Å²) in [5, 5.41) is 3.47. The highest BCUT2D eigenvalue weighted by Crippen LogP contribution is 2.22. The monoisotopic (exact) mass is 417 g/mol. The molecule has 30 heavy (non-hydrogen) atoms. The van der Waals surface area contributed by atoms with E-state index in [0.717, 1.165) is 63.9 Å². The lowest BCUT2D eigenvalue weighted by atomic mass is 10.1. The van der Waals surface area contributed by atoms with Crippen molar-refractivity contribution in [3.63, 3.8) is 0 Å². The van der Waals surface area contributed by atoms with E-state index in [1.165, 1.54) is 12.1 Å². The van der Waals surface area contributed by atoms with Crippen LogP contribution < -0.4 is 15.0 Å². The first-order valence-corrected chi connectivity index (χ1v) is 10.8. The number of carbonyl (C=O) groups excluding carboxylic acids is 1. The van der Waals surface area contributed by atoms with Crippen LogP contribution in [0.4, 0.5) is 5.69 Å². The van der Waals surface area contributed by atoms with Gasteiger partial charge in [-0.3, -0.25) is 4.79 Å². The van der Waals surface area contributed by atoms with Crippen LogP contribution in [0.25, 0.3) is 0 Å². The number of ether oxygens (including phenoxy) is 2. The van der Waals surface area contributed by atoms with Crippen molar-refractivity contribution < 1.29 is 14.3 Å². The first-order chi connectivity index (χ1) is 14.6. The first kappa shape index (κ1) is 22.2. The number of benzene rings is 1. The Morgan fingerprint density at radius 2 is 2.07 bits per heavy atom. The van der Waals surface area contributed by atoms with Crippen molar-refractivity contribution in [2.45, 2.75) is 25.4 Å².